The van der Waals surface area contributed by atoms with Crippen LogP contribution >= 0.6 is 12.2 Å². The van der Waals surface area contributed by atoms with E-state index in [0.29, 0.717) is 5.56 Å². The van der Waals surface area contributed by atoms with Crippen LogP contribution in [0.15, 0.2) is 48.0 Å². The number of hydrogen-bond acceptors (Lipinski definition) is 8. The summed E-state index contributed by atoms with van der Waals surface area (Å²) in [5.74, 6) is -1.24. The van der Waals surface area contributed by atoms with Crippen molar-refractivity contribution in [2.45, 2.75) is 0 Å². The van der Waals surface area contributed by atoms with Gasteiger partial charge in [-0.2, -0.15) is 0 Å². The first-order valence-corrected chi connectivity index (χ1v) is 8.24. The van der Waals surface area contributed by atoms with Gasteiger partial charge in [-0.25, -0.2) is 0 Å². The molecule has 0 atom stereocenters. The predicted octanol–water partition coefficient (Wildman–Crippen LogP) is 2.21. The Hall–Kier alpha value is -4.19. The number of hydrogen-bond donors (Lipinski definition) is 2. The van der Waals surface area contributed by atoms with Crippen molar-refractivity contribution in [1.82, 2.24) is 10.6 Å². The lowest BCUT2D eigenvalue weighted by molar-refractivity contribution is -0.394. The lowest BCUT2D eigenvalue weighted by atomic mass is 10.1. The van der Waals surface area contributed by atoms with E-state index in [4.69, 9.17) is 17.0 Å². The van der Waals surface area contributed by atoms with E-state index in [9.17, 15) is 29.8 Å². The molecule has 0 unspecified atom stereocenters. The second-order valence-corrected chi connectivity index (χ2v) is 6.04. The molecule has 0 bridgehead atoms. The molecule has 12 heteroatoms. The number of benzene rings is 2. The van der Waals surface area contributed by atoms with E-state index in [1.807, 2.05) is 0 Å². The summed E-state index contributed by atoms with van der Waals surface area (Å²) in [4.78, 5) is 44.1. The summed E-state index contributed by atoms with van der Waals surface area (Å²) in [6.07, 6.45) is 1.34. The average molecular weight is 414 g/mol. The Morgan fingerprint density at radius 3 is 2.10 bits per heavy atom. The molecule has 1 saturated heterocycles. The van der Waals surface area contributed by atoms with E-state index < -0.39 is 33.0 Å². The van der Waals surface area contributed by atoms with Crippen molar-refractivity contribution in [2.75, 3.05) is 0 Å². The second-order valence-electron chi connectivity index (χ2n) is 5.63. The van der Waals surface area contributed by atoms with Gasteiger partial charge in [0.25, 0.3) is 17.5 Å². The minimum Gasteiger partial charge on any atom is -0.450 e. The number of nitrogens with one attached hydrogen (secondary N) is 2. The maximum absolute atomic E-state index is 11.8. The molecule has 2 aromatic carbocycles. The van der Waals surface area contributed by atoms with E-state index >= 15 is 0 Å². The molecule has 1 aliphatic rings. The van der Waals surface area contributed by atoms with Gasteiger partial charge in [-0.1, -0.05) is 12.1 Å². The van der Waals surface area contributed by atoms with Gasteiger partial charge in [0.1, 0.15) is 11.3 Å². The standard InChI is InChI=1S/C17H10N4O7S/c22-15-12(16(23)19-17(29)18-15)7-9-1-4-11(5-2-9)28-14-6-3-10(20(24)25)8-13(14)21(26)27/h1-8H,(H2,18,19,22,23,29). The molecule has 11 nitrogen and oxygen atoms in total. The third-order valence-corrected chi connectivity index (χ3v) is 3.92. The summed E-state index contributed by atoms with van der Waals surface area (Å²) in [7, 11) is 0. The number of rotatable bonds is 5. The number of thiocarbonyl (C=S) groups is 1. The molecular weight excluding hydrogens is 404 g/mol. The highest BCUT2D eigenvalue weighted by molar-refractivity contribution is 7.80. The second kappa shape index (κ2) is 7.82. The zero-order valence-electron chi connectivity index (χ0n) is 14.3. The van der Waals surface area contributed by atoms with Gasteiger partial charge in [-0.05, 0) is 42.1 Å². The van der Waals surface area contributed by atoms with E-state index in [1.165, 1.54) is 30.3 Å². The lowest BCUT2D eigenvalue weighted by Crippen LogP contribution is -2.51. The number of nitro groups is 2. The summed E-state index contributed by atoms with van der Waals surface area (Å²) < 4.78 is 5.45. The van der Waals surface area contributed by atoms with Crippen LogP contribution in [-0.2, 0) is 9.59 Å². The number of non-ortho nitro benzene ring substituents is 1. The molecule has 1 fully saturated rings. The van der Waals surface area contributed by atoms with Gasteiger partial charge in [0.2, 0.25) is 5.75 Å². The minimum absolute atomic E-state index is 0.0782. The Kier molecular flexibility index (Phi) is 5.27. The molecule has 3 rings (SSSR count). The van der Waals surface area contributed by atoms with Crippen LogP contribution in [0, 0.1) is 20.2 Å². The minimum atomic E-state index is -0.786. The highest BCUT2D eigenvalue weighted by atomic mass is 32.1. The van der Waals surface area contributed by atoms with Gasteiger partial charge in [0.15, 0.2) is 5.11 Å². The Labute approximate surface area is 167 Å². The van der Waals surface area contributed by atoms with Crippen molar-refractivity contribution in [3.63, 3.8) is 0 Å². The molecule has 1 aliphatic heterocycles. The molecule has 0 aromatic heterocycles. The number of nitrogens with zero attached hydrogens (tertiary/aromatic N) is 2. The molecule has 2 N–H and O–H groups in total. The van der Waals surface area contributed by atoms with Crippen LogP contribution in [0.3, 0.4) is 0 Å². The van der Waals surface area contributed by atoms with E-state index in [1.54, 1.807) is 0 Å². The highest BCUT2D eigenvalue weighted by Crippen LogP contribution is 2.34. The third kappa shape index (κ3) is 4.39. The zero-order valence-corrected chi connectivity index (χ0v) is 15.1. The molecule has 0 radical (unpaired) electrons. The molecule has 2 amide bonds. The van der Waals surface area contributed by atoms with Gasteiger partial charge in [-0.3, -0.25) is 40.5 Å². The summed E-state index contributed by atoms with van der Waals surface area (Å²) >= 11 is 4.71. The average Bonchev–Trinajstić information content (AvgIpc) is 2.66. The van der Waals surface area contributed by atoms with Gasteiger partial charge in [0, 0.05) is 6.07 Å². The molecule has 0 saturated carbocycles. The van der Waals surface area contributed by atoms with Crippen LogP contribution in [0.2, 0.25) is 0 Å². The van der Waals surface area contributed by atoms with Crippen molar-refractivity contribution < 1.29 is 24.2 Å². The Morgan fingerprint density at radius 1 is 0.931 bits per heavy atom. The van der Waals surface area contributed by atoms with Crippen LogP contribution in [0.1, 0.15) is 5.56 Å². The van der Waals surface area contributed by atoms with E-state index in [2.05, 4.69) is 10.6 Å². The van der Waals surface area contributed by atoms with Crippen LogP contribution in [0.25, 0.3) is 6.08 Å². The molecule has 0 spiro atoms. The van der Waals surface area contributed by atoms with Crippen LogP contribution in [0.5, 0.6) is 11.5 Å². The number of amides is 2. The monoisotopic (exact) mass is 414 g/mol. The molecule has 0 aliphatic carbocycles. The summed E-state index contributed by atoms with van der Waals surface area (Å²) in [6, 6.07) is 8.98. The lowest BCUT2D eigenvalue weighted by Gasteiger charge is -2.16. The van der Waals surface area contributed by atoms with Crippen molar-refractivity contribution in [1.29, 1.82) is 0 Å². The number of ether oxygens (including phenoxy) is 1. The van der Waals surface area contributed by atoms with Crippen molar-refractivity contribution in [2.24, 2.45) is 0 Å². The maximum atomic E-state index is 11.8. The predicted molar refractivity (Wildman–Crippen MR) is 103 cm³/mol. The molecular formula is C17H10N4O7S. The van der Waals surface area contributed by atoms with Gasteiger partial charge in [-0.15, -0.1) is 0 Å². The fraction of sp³-hybridized carbons (Fsp3) is 0. The molecule has 1 heterocycles. The fourth-order valence-electron chi connectivity index (χ4n) is 2.38. The van der Waals surface area contributed by atoms with Crippen LogP contribution in [0.4, 0.5) is 11.4 Å². The van der Waals surface area contributed by atoms with Gasteiger partial charge < -0.3 is 4.74 Å². The van der Waals surface area contributed by atoms with Gasteiger partial charge >= 0.3 is 5.69 Å². The smallest absolute Gasteiger partial charge is 0.318 e. The summed E-state index contributed by atoms with van der Waals surface area (Å²) in [5, 5.41) is 26.5. The molecule has 29 heavy (non-hydrogen) atoms. The van der Waals surface area contributed by atoms with Crippen molar-refractivity contribution >= 4 is 46.6 Å². The SMILES string of the molecule is O=C1NC(=S)NC(=O)C1=Cc1ccc(Oc2ccc([N+](=O)[O-])cc2[N+](=O)[O-])cc1. The fourth-order valence-corrected chi connectivity index (χ4v) is 2.57. The van der Waals surface area contributed by atoms with E-state index in [0.717, 1.165) is 18.2 Å². The number of nitro benzene ring substituents is 2. The summed E-state index contributed by atoms with van der Waals surface area (Å²) in [5.41, 5.74) is -0.645. The van der Waals surface area contributed by atoms with Crippen LogP contribution in [-0.4, -0.2) is 26.8 Å². The molecule has 146 valence electrons. The number of carbonyl (C=O) groups is 2. The Balaban J connectivity index is 1.83. The Morgan fingerprint density at radius 2 is 1.55 bits per heavy atom. The molecule has 2 aromatic rings. The largest absolute Gasteiger partial charge is 0.450 e. The first-order valence-electron chi connectivity index (χ1n) is 7.83. The summed E-state index contributed by atoms with van der Waals surface area (Å²) in [6.45, 7) is 0. The van der Waals surface area contributed by atoms with E-state index in [-0.39, 0.29) is 22.2 Å². The normalized spacial score (nSPS) is 13.4. The maximum Gasteiger partial charge on any atom is 0.318 e. The first kappa shape index (κ1) is 19.6. The Bertz CT molecular complexity index is 1070. The van der Waals surface area contributed by atoms with Crippen LogP contribution < -0.4 is 15.4 Å². The quantitative estimate of drug-likeness (QED) is 0.248. The first-order chi connectivity index (χ1) is 13.7. The topological polar surface area (TPSA) is 154 Å². The van der Waals surface area contributed by atoms with Crippen molar-refractivity contribution in [3.05, 3.63) is 73.8 Å². The number of carbonyl (C=O) groups excluding carboxylic acids is 2. The highest BCUT2D eigenvalue weighted by Gasteiger charge is 2.25. The third-order valence-electron chi connectivity index (χ3n) is 3.71. The van der Waals surface area contributed by atoms with Gasteiger partial charge in [0.05, 0.1) is 15.9 Å². The van der Waals surface area contributed by atoms with Crippen molar-refractivity contribution in [3.8, 4) is 11.5 Å². The zero-order chi connectivity index (χ0) is 21.1.